The fourth-order valence-corrected chi connectivity index (χ4v) is 7.31. The maximum Gasteiger partial charge on any atom is 0.164 e. The largest absolute Gasteiger partial charge is 0.256 e. The predicted octanol–water partition coefficient (Wildman–Crippen LogP) is 11.0. The minimum Gasteiger partial charge on any atom is -0.256 e. The summed E-state index contributed by atoms with van der Waals surface area (Å²) in [7, 11) is 0. The van der Waals surface area contributed by atoms with E-state index in [9.17, 15) is 0 Å². The summed E-state index contributed by atoms with van der Waals surface area (Å²) in [4.78, 5) is 25.1. The van der Waals surface area contributed by atoms with Crippen LogP contribution in [0.5, 0.6) is 0 Å². The van der Waals surface area contributed by atoms with Crippen molar-refractivity contribution in [2.75, 3.05) is 0 Å². The van der Waals surface area contributed by atoms with E-state index in [-0.39, 0.29) is 0 Å². The van der Waals surface area contributed by atoms with E-state index in [0.29, 0.717) is 17.5 Å². The Labute approximate surface area is 287 Å². The topological polar surface area (TPSA) is 64.5 Å². The van der Waals surface area contributed by atoms with E-state index in [0.717, 1.165) is 70.6 Å². The molecule has 0 aliphatic rings. The fraction of sp³-hybridized carbons (Fsp3) is 0. The average Bonchev–Trinajstić information content (AvgIpc) is 3.63. The molecule has 9 rings (SSSR count). The normalized spacial score (nSPS) is 11.3. The van der Waals surface area contributed by atoms with Crippen LogP contribution < -0.4 is 0 Å². The quantitative estimate of drug-likeness (QED) is 0.180. The first-order valence-corrected chi connectivity index (χ1v) is 16.9. The minimum absolute atomic E-state index is 0.617. The van der Waals surface area contributed by atoms with Gasteiger partial charge in [-0.1, -0.05) is 140 Å². The van der Waals surface area contributed by atoms with Crippen LogP contribution in [-0.4, -0.2) is 24.9 Å². The molecule has 3 aromatic heterocycles. The lowest BCUT2D eigenvalue weighted by Gasteiger charge is -2.14. The van der Waals surface area contributed by atoms with E-state index in [4.69, 9.17) is 24.9 Å². The molecule has 0 amide bonds. The van der Waals surface area contributed by atoms with Gasteiger partial charge in [0, 0.05) is 45.0 Å². The van der Waals surface area contributed by atoms with E-state index >= 15 is 0 Å². The summed E-state index contributed by atoms with van der Waals surface area (Å²) in [5.41, 5.74) is 9.96. The van der Waals surface area contributed by atoms with Crippen LogP contribution in [0.25, 0.3) is 88.1 Å². The lowest BCUT2D eigenvalue weighted by Crippen LogP contribution is -2.01. The van der Waals surface area contributed by atoms with Crippen molar-refractivity contribution in [1.82, 2.24) is 24.9 Å². The molecule has 0 saturated carbocycles. The van der Waals surface area contributed by atoms with Crippen LogP contribution in [-0.2, 0) is 0 Å². The average molecular weight is 646 g/mol. The number of hydrogen-bond acceptors (Lipinski definition) is 6. The molecule has 0 fully saturated rings. The van der Waals surface area contributed by atoms with Gasteiger partial charge in [-0.25, -0.2) is 19.9 Å². The third-order valence-electron chi connectivity index (χ3n) is 8.62. The zero-order valence-corrected chi connectivity index (χ0v) is 27.0. The van der Waals surface area contributed by atoms with Crippen LogP contribution in [0.4, 0.5) is 0 Å². The van der Waals surface area contributed by atoms with Crippen molar-refractivity contribution < 1.29 is 0 Å². The Hall–Kier alpha value is -6.37. The standard InChI is InChI=1S/C43H27N5S/c1-4-14-29(15-5-1)40-46-41(30-16-6-2-7-17-30)48-42(47-40)35-23-11-10-22-33(35)32-26-36(34-24-12-20-28-21-13-25-44-38(28)34)39-37(27-32)49-43(45-39)31-18-8-3-9-19-31/h1-27H. The Morgan fingerprint density at radius 2 is 0.939 bits per heavy atom. The molecule has 0 spiro atoms. The van der Waals surface area contributed by atoms with Crippen molar-refractivity contribution in [3.05, 3.63) is 164 Å². The van der Waals surface area contributed by atoms with Crippen LogP contribution in [0, 0.1) is 0 Å². The Morgan fingerprint density at radius 1 is 0.367 bits per heavy atom. The second-order valence-corrected chi connectivity index (χ2v) is 12.8. The van der Waals surface area contributed by atoms with Crippen LogP contribution in [0.2, 0.25) is 0 Å². The lowest BCUT2D eigenvalue weighted by molar-refractivity contribution is 1.07. The van der Waals surface area contributed by atoms with Gasteiger partial charge < -0.3 is 0 Å². The van der Waals surface area contributed by atoms with Crippen molar-refractivity contribution >= 4 is 32.5 Å². The Kier molecular flexibility index (Phi) is 7.26. The summed E-state index contributed by atoms with van der Waals surface area (Å²) >= 11 is 1.70. The van der Waals surface area contributed by atoms with Crippen LogP contribution in [0.1, 0.15) is 0 Å². The van der Waals surface area contributed by atoms with Gasteiger partial charge in [-0.3, -0.25) is 4.98 Å². The molecular weight excluding hydrogens is 619 g/mol. The first-order valence-electron chi connectivity index (χ1n) is 16.1. The van der Waals surface area contributed by atoms with Crippen molar-refractivity contribution in [2.24, 2.45) is 0 Å². The molecule has 0 aliphatic carbocycles. The molecule has 0 N–H and O–H groups in total. The highest BCUT2D eigenvalue weighted by Crippen LogP contribution is 2.42. The van der Waals surface area contributed by atoms with Crippen LogP contribution in [0.15, 0.2) is 164 Å². The molecule has 0 aliphatic heterocycles. The smallest absolute Gasteiger partial charge is 0.164 e. The summed E-state index contributed by atoms with van der Waals surface area (Å²) in [5.74, 6) is 1.88. The monoisotopic (exact) mass is 645 g/mol. The van der Waals surface area contributed by atoms with Gasteiger partial charge in [-0.15, -0.1) is 11.3 Å². The number of para-hydroxylation sites is 1. The molecule has 6 heteroatoms. The molecule has 6 aromatic carbocycles. The number of nitrogens with zero attached hydrogens (tertiary/aromatic N) is 5. The van der Waals surface area contributed by atoms with Gasteiger partial charge in [0.05, 0.1) is 15.7 Å². The molecule has 3 heterocycles. The summed E-state index contributed by atoms with van der Waals surface area (Å²) in [6.45, 7) is 0. The van der Waals surface area contributed by atoms with Crippen LogP contribution in [0.3, 0.4) is 0 Å². The van der Waals surface area contributed by atoms with E-state index in [2.05, 4.69) is 78.9 Å². The molecule has 230 valence electrons. The molecule has 0 bridgehead atoms. The maximum atomic E-state index is 5.23. The van der Waals surface area contributed by atoms with Gasteiger partial charge in [0.1, 0.15) is 5.01 Å². The molecular formula is C43H27N5S. The van der Waals surface area contributed by atoms with Crippen molar-refractivity contribution in [3.8, 4) is 67.0 Å². The highest BCUT2D eigenvalue weighted by molar-refractivity contribution is 7.21. The number of thiazole rings is 1. The fourth-order valence-electron chi connectivity index (χ4n) is 6.27. The second kappa shape index (κ2) is 12.3. The van der Waals surface area contributed by atoms with Gasteiger partial charge in [-0.2, -0.15) is 0 Å². The molecule has 5 nitrogen and oxygen atoms in total. The molecule has 0 radical (unpaired) electrons. The molecule has 0 unspecified atom stereocenters. The molecule has 0 atom stereocenters. The Bertz CT molecular complexity index is 2540. The summed E-state index contributed by atoms with van der Waals surface area (Å²) in [6.07, 6.45) is 1.86. The number of benzene rings is 6. The van der Waals surface area contributed by atoms with E-state index in [1.165, 1.54) is 0 Å². The summed E-state index contributed by atoms with van der Waals surface area (Å²) < 4.78 is 1.10. The highest BCUT2D eigenvalue weighted by atomic mass is 32.1. The van der Waals surface area contributed by atoms with Gasteiger partial charge >= 0.3 is 0 Å². The van der Waals surface area contributed by atoms with E-state index < -0.39 is 0 Å². The number of aromatic nitrogens is 5. The van der Waals surface area contributed by atoms with Crippen molar-refractivity contribution in [2.45, 2.75) is 0 Å². The first-order chi connectivity index (χ1) is 24.3. The SMILES string of the molecule is c1ccc(-c2nc(-c3ccccc3)nc(-c3ccccc3-c3cc(-c4cccc5cccnc45)c4nc(-c5ccccc5)sc4c3)n2)cc1. The predicted molar refractivity (Wildman–Crippen MR) is 201 cm³/mol. The van der Waals surface area contributed by atoms with E-state index in [1.54, 1.807) is 11.3 Å². The zero-order chi connectivity index (χ0) is 32.6. The number of rotatable bonds is 6. The maximum absolute atomic E-state index is 5.23. The van der Waals surface area contributed by atoms with Crippen molar-refractivity contribution in [3.63, 3.8) is 0 Å². The van der Waals surface area contributed by atoms with Gasteiger partial charge in [0.25, 0.3) is 0 Å². The third kappa shape index (κ3) is 5.44. The van der Waals surface area contributed by atoms with Gasteiger partial charge in [-0.05, 0) is 29.3 Å². The van der Waals surface area contributed by atoms with E-state index in [1.807, 2.05) is 85.1 Å². The first kappa shape index (κ1) is 28.8. The molecule has 0 saturated heterocycles. The Balaban J connectivity index is 1.29. The minimum atomic E-state index is 0.617. The van der Waals surface area contributed by atoms with Crippen LogP contribution >= 0.6 is 11.3 Å². The third-order valence-corrected chi connectivity index (χ3v) is 9.67. The Morgan fingerprint density at radius 3 is 1.63 bits per heavy atom. The second-order valence-electron chi connectivity index (χ2n) is 11.7. The molecule has 9 aromatic rings. The summed E-state index contributed by atoms with van der Waals surface area (Å²) in [5, 5.41) is 2.07. The number of pyridine rings is 1. The number of fused-ring (bicyclic) bond motifs is 2. The zero-order valence-electron chi connectivity index (χ0n) is 26.2. The molecule has 49 heavy (non-hydrogen) atoms. The van der Waals surface area contributed by atoms with Gasteiger partial charge in [0.15, 0.2) is 17.5 Å². The van der Waals surface area contributed by atoms with Gasteiger partial charge in [0.2, 0.25) is 0 Å². The highest BCUT2D eigenvalue weighted by Gasteiger charge is 2.20. The van der Waals surface area contributed by atoms with Crippen molar-refractivity contribution in [1.29, 1.82) is 0 Å². The number of hydrogen-bond donors (Lipinski definition) is 0. The summed E-state index contributed by atoms with van der Waals surface area (Å²) in [6, 6.07) is 53.8. The lowest BCUT2D eigenvalue weighted by atomic mass is 9.94.